The topological polar surface area (TPSA) is 76.1 Å². The highest BCUT2D eigenvalue weighted by molar-refractivity contribution is 9.10. The molecule has 1 aromatic carbocycles. The second kappa shape index (κ2) is 6.85. The number of anilines is 3. The van der Waals surface area contributed by atoms with E-state index in [1.54, 1.807) is 12.1 Å². The zero-order valence-electron chi connectivity index (χ0n) is 11.8. The Bertz CT molecular complexity index is 657. The Morgan fingerprint density at radius 3 is 2.73 bits per heavy atom. The first kappa shape index (κ1) is 14.9. The van der Waals surface area contributed by atoms with Crippen LogP contribution in [0.5, 0.6) is 0 Å². The summed E-state index contributed by atoms with van der Waals surface area (Å²) in [5, 5.41) is 13.9. The zero-order valence-corrected chi connectivity index (χ0v) is 13.3. The van der Waals surface area contributed by atoms with Crippen LogP contribution in [0.3, 0.4) is 0 Å². The first-order chi connectivity index (χ1) is 10.7. The van der Waals surface area contributed by atoms with Gasteiger partial charge in [-0.05, 0) is 43.2 Å². The summed E-state index contributed by atoms with van der Waals surface area (Å²) in [6.07, 6.45) is 1.29. The van der Waals surface area contributed by atoms with Gasteiger partial charge in [-0.15, -0.1) is 10.2 Å². The monoisotopic (exact) mass is 362 g/mol. The molecule has 1 amide bonds. The molecule has 2 heterocycles. The third kappa shape index (κ3) is 3.80. The first-order valence-electron chi connectivity index (χ1n) is 6.99. The van der Waals surface area contributed by atoms with E-state index in [9.17, 15) is 4.79 Å². The van der Waals surface area contributed by atoms with E-state index in [-0.39, 0.29) is 12.0 Å². The van der Waals surface area contributed by atoms with Gasteiger partial charge in [0.25, 0.3) is 5.91 Å². The largest absolute Gasteiger partial charge is 0.368 e. The minimum atomic E-state index is -0.374. The van der Waals surface area contributed by atoms with Gasteiger partial charge in [0.2, 0.25) is 0 Å². The lowest BCUT2D eigenvalue weighted by molar-refractivity contribution is -0.124. The first-order valence-corrected chi connectivity index (χ1v) is 7.79. The number of hydrogen-bond acceptors (Lipinski definition) is 5. The van der Waals surface area contributed by atoms with E-state index in [1.165, 1.54) is 0 Å². The van der Waals surface area contributed by atoms with Gasteiger partial charge in [0, 0.05) is 16.8 Å². The number of carbonyl (C=O) groups excluding carboxylic acids is 1. The van der Waals surface area contributed by atoms with Crippen molar-refractivity contribution in [2.24, 2.45) is 0 Å². The molecule has 2 N–H and O–H groups in total. The van der Waals surface area contributed by atoms with Gasteiger partial charge in [-0.2, -0.15) is 0 Å². The predicted molar refractivity (Wildman–Crippen MR) is 87.1 cm³/mol. The fourth-order valence-electron chi connectivity index (χ4n) is 2.17. The third-order valence-corrected chi connectivity index (χ3v) is 3.73. The number of benzene rings is 1. The average molecular weight is 363 g/mol. The van der Waals surface area contributed by atoms with Crippen molar-refractivity contribution >= 4 is 39.2 Å². The van der Waals surface area contributed by atoms with Gasteiger partial charge in [-0.1, -0.05) is 22.0 Å². The van der Waals surface area contributed by atoms with Crippen LogP contribution in [0.25, 0.3) is 0 Å². The second-order valence-corrected chi connectivity index (χ2v) is 5.85. The van der Waals surface area contributed by atoms with Crippen molar-refractivity contribution in [3.05, 3.63) is 40.9 Å². The molecule has 1 unspecified atom stereocenters. The number of amides is 1. The summed E-state index contributed by atoms with van der Waals surface area (Å²) in [6, 6.07) is 11.2. The Morgan fingerprint density at radius 2 is 2.05 bits per heavy atom. The smallest absolute Gasteiger partial charge is 0.254 e. The molecule has 6 nitrogen and oxygen atoms in total. The molecule has 1 aromatic heterocycles. The van der Waals surface area contributed by atoms with E-state index >= 15 is 0 Å². The molecule has 2 aromatic rings. The number of rotatable bonds is 4. The molecule has 0 bridgehead atoms. The van der Waals surface area contributed by atoms with Crippen LogP contribution in [-0.4, -0.2) is 28.8 Å². The summed E-state index contributed by atoms with van der Waals surface area (Å²) < 4.78 is 6.30. The molecule has 22 heavy (non-hydrogen) atoms. The Kier molecular flexibility index (Phi) is 4.65. The number of halogens is 1. The molecule has 0 spiro atoms. The molecule has 1 saturated heterocycles. The average Bonchev–Trinajstić information content (AvgIpc) is 3.04. The fraction of sp³-hybridized carbons (Fsp3) is 0.267. The maximum absolute atomic E-state index is 11.9. The summed E-state index contributed by atoms with van der Waals surface area (Å²) in [5.41, 5.74) is 0.903. The van der Waals surface area contributed by atoms with Crippen LogP contribution in [0.4, 0.5) is 17.3 Å². The van der Waals surface area contributed by atoms with Crippen LogP contribution >= 0.6 is 15.9 Å². The van der Waals surface area contributed by atoms with Crippen LogP contribution in [0.15, 0.2) is 40.9 Å². The number of nitrogens with zero attached hydrogens (tertiary/aromatic N) is 2. The maximum Gasteiger partial charge on any atom is 0.254 e. The second-order valence-electron chi connectivity index (χ2n) is 4.93. The van der Waals surface area contributed by atoms with E-state index in [0.717, 1.165) is 23.0 Å². The van der Waals surface area contributed by atoms with Crippen LogP contribution < -0.4 is 10.6 Å². The van der Waals surface area contributed by atoms with Gasteiger partial charge < -0.3 is 15.4 Å². The Balaban J connectivity index is 1.61. The molecule has 1 fully saturated rings. The van der Waals surface area contributed by atoms with Crippen LogP contribution in [0.2, 0.25) is 0 Å². The van der Waals surface area contributed by atoms with Crippen molar-refractivity contribution in [1.82, 2.24) is 10.2 Å². The molecular formula is C15H15BrN4O2. The summed E-state index contributed by atoms with van der Waals surface area (Å²) >= 11 is 3.41. The van der Waals surface area contributed by atoms with E-state index in [4.69, 9.17) is 4.74 Å². The number of aromatic nitrogens is 2. The highest BCUT2D eigenvalue weighted by atomic mass is 79.9. The molecule has 1 aliphatic rings. The fourth-order valence-corrected chi connectivity index (χ4v) is 2.57. The zero-order chi connectivity index (χ0) is 15.4. The number of hydrogen-bond donors (Lipinski definition) is 2. The standard InChI is InChI=1S/C15H15BrN4O2/c16-10-3-1-4-11(9-10)17-13-6-7-14(20-19-13)18-15(21)12-5-2-8-22-12/h1,3-4,6-7,9,12H,2,5,8H2,(H,17,19)(H,18,20,21). The van der Waals surface area contributed by atoms with E-state index < -0.39 is 0 Å². The van der Waals surface area contributed by atoms with Gasteiger partial charge in [-0.25, -0.2) is 0 Å². The number of nitrogens with one attached hydrogen (secondary N) is 2. The SMILES string of the molecule is O=C(Nc1ccc(Nc2cccc(Br)c2)nn1)C1CCCO1. The Labute approximate surface area is 136 Å². The predicted octanol–water partition coefficient (Wildman–Crippen LogP) is 3.10. The molecule has 114 valence electrons. The van der Waals surface area contributed by atoms with Crippen molar-refractivity contribution in [2.75, 3.05) is 17.2 Å². The van der Waals surface area contributed by atoms with Crippen molar-refractivity contribution in [3.8, 4) is 0 Å². The van der Waals surface area contributed by atoms with Crippen LogP contribution in [0, 0.1) is 0 Å². The van der Waals surface area contributed by atoms with Gasteiger partial charge in [0.1, 0.15) is 6.10 Å². The van der Waals surface area contributed by atoms with Gasteiger partial charge in [0.15, 0.2) is 11.6 Å². The van der Waals surface area contributed by atoms with E-state index in [0.29, 0.717) is 18.2 Å². The lowest BCUT2D eigenvalue weighted by Crippen LogP contribution is -2.27. The normalized spacial score (nSPS) is 17.2. The summed E-state index contributed by atoms with van der Waals surface area (Å²) in [4.78, 5) is 11.9. The highest BCUT2D eigenvalue weighted by Gasteiger charge is 2.23. The molecule has 0 radical (unpaired) electrons. The highest BCUT2D eigenvalue weighted by Crippen LogP contribution is 2.19. The van der Waals surface area contributed by atoms with Crippen molar-refractivity contribution in [1.29, 1.82) is 0 Å². The Hall–Kier alpha value is -1.99. The summed E-state index contributed by atoms with van der Waals surface area (Å²) in [6.45, 7) is 0.638. The molecule has 1 aliphatic heterocycles. The van der Waals surface area contributed by atoms with Gasteiger partial charge >= 0.3 is 0 Å². The minimum absolute atomic E-state index is 0.167. The molecule has 1 atom stereocenters. The molecular weight excluding hydrogens is 348 g/mol. The molecule has 0 aliphatic carbocycles. The van der Waals surface area contributed by atoms with Gasteiger partial charge in [0.05, 0.1) is 0 Å². The van der Waals surface area contributed by atoms with Crippen molar-refractivity contribution in [3.63, 3.8) is 0 Å². The lowest BCUT2D eigenvalue weighted by Gasteiger charge is -2.10. The summed E-state index contributed by atoms with van der Waals surface area (Å²) in [7, 11) is 0. The van der Waals surface area contributed by atoms with Crippen LogP contribution in [-0.2, 0) is 9.53 Å². The summed E-state index contributed by atoms with van der Waals surface area (Å²) in [5.74, 6) is 0.855. The third-order valence-electron chi connectivity index (χ3n) is 3.23. The maximum atomic E-state index is 11.9. The number of ether oxygens (including phenoxy) is 1. The molecule has 7 heteroatoms. The lowest BCUT2D eigenvalue weighted by atomic mass is 10.2. The quantitative estimate of drug-likeness (QED) is 0.873. The van der Waals surface area contributed by atoms with E-state index in [1.807, 2.05) is 24.3 Å². The van der Waals surface area contributed by atoms with Crippen LogP contribution in [0.1, 0.15) is 12.8 Å². The Morgan fingerprint density at radius 1 is 1.23 bits per heavy atom. The van der Waals surface area contributed by atoms with E-state index in [2.05, 4.69) is 36.8 Å². The molecule has 0 saturated carbocycles. The number of carbonyl (C=O) groups is 1. The van der Waals surface area contributed by atoms with Gasteiger partial charge in [-0.3, -0.25) is 4.79 Å². The molecule has 3 rings (SSSR count). The van der Waals surface area contributed by atoms with Crippen molar-refractivity contribution in [2.45, 2.75) is 18.9 Å². The van der Waals surface area contributed by atoms with Crippen molar-refractivity contribution < 1.29 is 9.53 Å². The minimum Gasteiger partial charge on any atom is -0.368 e.